The number of halogens is 1. The summed E-state index contributed by atoms with van der Waals surface area (Å²) in [6, 6.07) is 3.99. The SMILES string of the molecule is Nc1ccc(C(=O)N(CC(=O)O)CC(=O)O)cc1Cl. The Balaban J connectivity index is 3.00. The van der Waals surface area contributed by atoms with Crippen molar-refractivity contribution < 1.29 is 24.6 Å². The maximum atomic E-state index is 12.0. The van der Waals surface area contributed by atoms with Crippen LogP contribution in [-0.4, -0.2) is 46.0 Å². The summed E-state index contributed by atoms with van der Waals surface area (Å²) in [5.41, 5.74) is 5.82. The first-order valence-electron chi connectivity index (χ1n) is 5.09. The van der Waals surface area contributed by atoms with E-state index in [2.05, 4.69) is 0 Å². The molecule has 0 heterocycles. The standard InChI is InChI=1S/C11H11ClN2O5/c12-7-3-6(1-2-8(7)13)11(19)14(4-9(15)16)5-10(17)18/h1-3H,4-5,13H2,(H,15,16)(H,17,18). The van der Waals surface area contributed by atoms with Gasteiger partial charge in [-0.05, 0) is 18.2 Å². The van der Waals surface area contributed by atoms with Crippen LogP contribution in [0.4, 0.5) is 5.69 Å². The highest BCUT2D eigenvalue weighted by molar-refractivity contribution is 6.33. The van der Waals surface area contributed by atoms with Gasteiger partial charge in [0.05, 0.1) is 10.7 Å². The van der Waals surface area contributed by atoms with Gasteiger partial charge in [-0.2, -0.15) is 0 Å². The Bertz CT molecular complexity index is 516. The summed E-state index contributed by atoms with van der Waals surface area (Å²) in [7, 11) is 0. The van der Waals surface area contributed by atoms with Crippen molar-refractivity contribution in [2.75, 3.05) is 18.8 Å². The van der Waals surface area contributed by atoms with Crippen LogP contribution in [-0.2, 0) is 9.59 Å². The molecule has 1 rings (SSSR count). The zero-order chi connectivity index (χ0) is 14.6. The average Bonchev–Trinajstić information content (AvgIpc) is 2.29. The zero-order valence-corrected chi connectivity index (χ0v) is 10.4. The molecule has 0 unspecified atom stereocenters. The second kappa shape index (κ2) is 6.05. The van der Waals surface area contributed by atoms with Crippen molar-refractivity contribution in [1.29, 1.82) is 0 Å². The average molecular weight is 287 g/mol. The number of benzene rings is 1. The third kappa shape index (κ3) is 4.14. The van der Waals surface area contributed by atoms with Crippen LogP contribution in [0.2, 0.25) is 5.02 Å². The first-order chi connectivity index (χ1) is 8.81. The lowest BCUT2D eigenvalue weighted by molar-refractivity contribution is -0.140. The zero-order valence-electron chi connectivity index (χ0n) is 9.67. The molecule has 1 aromatic carbocycles. The fourth-order valence-electron chi connectivity index (χ4n) is 1.37. The number of carboxylic acids is 2. The van der Waals surface area contributed by atoms with Gasteiger partial charge in [-0.25, -0.2) is 0 Å². The van der Waals surface area contributed by atoms with Crippen molar-refractivity contribution in [3.63, 3.8) is 0 Å². The Morgan fingerprint density at radius 1 is 1.16 bits per heavy atom. The van der Waals surface area contributed by atoms with Crippen LogP contribution in [0.3, 0.4) is 0 Å². The molecule has 1 aromatic rings. The summed E-state index contributed by atoms with van der Waals surface area (Å²) in [4.78, 5) is 33.9. The van der Waals surface area contributed by atoms with Gasteiger partial charge >= 0.3 is 11.9 Å². The Hall–Kier alpha value is -2.28. The molecule has 0 radical (unpaired) electrons. The Kier molecular flexibility index (Phi) is 4.71. The van der Waals surface area contributed by atoms with E-state index in [1.54, 1.807) is 0 Å². The lowest BCUT2D eigenvalue weighted by Gasteiger charge is -2.18. The van der Waals surface area contributed by atoms with Gasteiger partial charge in [0, 0.05) is 5.56 Å². The van der Waals surface area contributed by atoms with E-state index in [-0.39, 0.29) is 16.3 Å². The molecule has 7 nitrogen and oxygen atoms in total. The summed E-state index contributed by atoms with van der Waals surface area (Å²) < 4.78 is 0. The normalized spacial score (nSPS) is 9.95. The fourth-order valence-corrected chi connectivity index (χ4v) is 1.55. The van der Waals surface area contributed by atoms with Gasteiger partial charge in [0.2, 0.25) is 0 Å². The first kappa shape index (κ1) is 14.8. The molecular weight excluding hydrogens is 276 g/mol. The van der Waals surface area contributed by atoms with E-state index in [1.165, 1.54) is 18.2 Å². The van der Waals surface area contributed by atoms with Crippen molar-refractivity contribution >= 4 is 35.1 Å². The minimum absolute atomic E-state index is 0.0710. The Morgan fingerprint density at radius 2 is 1.68 bits per heavy atom. The third-order valence-corrected chi connectivity index (χ3v) is 2.51. The number of amides is 1. The van der Waals surface area contributed by atoms with E-state index in [9.17, 15) is 14.4 Å². The van der Waals surface area contributed by atoms with Gasteiger partial charge in [-0.15, -0.1) is 0 Å². The summed E-state index contributed by atoms with van der Waals surface area (Å²) in [5.74, 6) is -3.36. The number of nitrogens with two attached hydrogens (primary N) is 1. The van der Waals surface area contributed by atoms with Crippen molar-refractivity contribution in [1.82, 2.24) is 4.90 Å². The lowest BCUT2D eigenvalue weighted by Crippen LogP contribution is -2.39. The summed E-state index contributed by atoms with van der Waals surface area (Å²) in [6.07, 6.45) is 0. The second-order valence-corrected chi connectivity index (χ2v) is 4.09. The fraction of sp³-hybridized carbons (Fsp3) is 0.182. The molecule has 19 heavy (non-hydrogen) atoms. The molecule has 1 amide bonds. The van der Waals surface area contributed by atoms with Crippen LogP contribution >= 0.6 is 11.6 Å². The number of aliphatic carboxylic acids is 2. The number of anilines is 1. The van der Waals surface area contributed by atoms with Crippen LogP contribution in [0, 0.1) is 0 Å². The largest absolute Gasteiger partial charge is 0.480 e. The predicted octanol–water partition coefficient (Wildman–Crippen LogP) is 0.534. The lowest BCUT2D eigenvalue weighted by atomic mass is 10.2. The van der Waals surface area contributed by atoms with Gasteiger partial charge in [0.15, 0.2) is 0 Å². The number of nitrogen functional groups attached to an aromatic ring is 1. The Morgan fingerprint density at radius 3 is 2.11 bits per heavy atom. The van der Waals surface area contributed by atoms with Gasteiger partial charge in [-0.1, -0.05) is 11.6 Å². The maximum Gasteiger partial charge on any atom is 0.323 e. The van der Waals surface area contributed by atoms with E-state index < -0.39 is 30.9 Å². The first-order valence-corrected chi connectivity index (χ1v) is 5.47. The molecule has 0 saturated carbocycles. The molecule has 0 aliphatic rings. The molecule has 0 atom stereocenters. The molecule has 0 bridgehead atoms. The van der Waals surface area contributed by atoms with E-state index in [1.807, 2.05) is 0 Å². The van der Waals surface area contributed by atoms with Gasteiger partial charge in [0.1, 0.15) is 13.1 Å². The van der Waals surface area contributed by atoms with Gasteiger partial charge in [-0.3, -0.25) is 14.4 Å². The highest BCUT2D eigenvalue weighted by Crippen LogP contribution is 2.20. The topological polar surface area (TPSA) is 121 Å². The summed E-state index contributed by atoms with van der Waals surface area (Å²) in [6.45, 7) is -1.43. The summed E-state index contributed by atoms with van der Waals surface area (Å²) in [5, 5.41) is 17.5. The van der Waals surface area contributed by atoms with Crippen LogP contribution in [0.25, 0.3) is 0 Å². The van der Waals surface area contributed by atoms with E-state index >= 15 is 0 Å². The van der Waals surface area contributed by atoms with E-state index in [0.29, 0.717) is 4.90 Å². The van der Waals surface area contributed by atoms with Crippen molar-refractivity contribution in [3.8, 4) is 0 Å². The molecule has 0 aliphatic carbocycles. The number of rotatable bonds is 5. The van der Waals surface area contributed by atoms with Gasteiger partial charge < -0.3 is 20.8 Å². The van der Waals surface area contributed by atoms with Crippen LogP contribution in [0.5, 0.6) is 0 Å². The number of carbonyl (C=O) groups is 3. The third-order valence-electron chi connectivity index (χ3n) is 2.19. The monoisotopic (exact) mass is 286 g/mol. The molecule has 102 valence electrons. The number of nitrogens with zero attached hydrogens (tertiary/aromatic N) is 1. The summed E-state index contributed by atoms with van der Waals surface area (Å²) >= 11 is 5.75. The molecule has 8 heteroatoms. The predicted molar refractivity (Wildman–Crippen MR) is 67.0 cm³/mol. The van der Waals surface area contributed by atoms with E-state index in [0.717, 1.165) is 0 Å². The second-order valence-electron chi connectivity index (χ2n) is 3.68. The molecule has 0 fully saturated rings. The van der Waals surface area contributed by atoms with Crippen molar-refractivity contribution in [2.24, 2.45) is 0 Å². The van der Waals surface area contributed by atoms with E-state index in [4.69, 9.17) is 27.5 Å². The molecular formula is C11H11ClN2O5. The van der Waals surface area contributed by atoms with Crippen molar-refractivity contribution in [2.45, 2.75) is 0 Å². The number of hydrogen-bond donors (Lipinski definition) is 3. The highest BCUT2D eigenvalue weighted by atomic mass is 35.5. The highest BCUT2D eigenvalue weighted by Gasteiger charge is 2.21. The van der Waals surface area contributed by atoms with Crippen LogP contribution < -0.4 is 5.73 Å². The Labute approximate surface area is 113 Å². The quantitative estimate of drug-likeness (QED) is 0.679. The van der Waals surface area contributed by atoms with Crippen LogP contribution in [0.15, 0.2) is 18.2 Å². The van der Waals surface area contributed by atoms with Gasteiger partial charge in [0.25, 0.3) is 5.91 Å². The van der Waals surface area contributed by atoms with Crippen LogP contribution in [0.1, 0.15) is 10.4 Å². The van der Waals surface area contributed by atoms with Crippen molar-refractivity contribution in [3.05, 3.63) is 28.8 Å². The molecule has 0 aliphatic heterocycles. The molecule has 4 N–H and O–H groups in total. The maximum absolute atomic E-state index is 12.0. The number of carboxylic acid groups (broad SMARTS) is 2. The molecule has 0 aromatic heterocycles. The molecule has 0 spiro atoms. The minimum Gasteiger partial charge on any atom is -0.480 e. The number of carbonyl (C=O) groups excluding carboxylic acids is 1. The smallest absolute Gasteiger partial charge is 0.323 e. The molecule has 0 saturated heterocycles. The number of hydrogen-bond acceptors (Lipinski definition) is 4. The minimum atomic E-state index is -1.31.